The Balaban J connectivity index is 2.16. The zero-order valence-corrected chi connectivity index (χ0v) is 17.2. The molecular weight excluding hydrogens is 344 g/mol. The molecule has 0 N–H and O–H groups in total. The normalized spacial score (nSPS) is 25.6. The number of furan rings is 1. The van der Waals surface area contributed by atoms with Crippen LogP contribution < -0.4 is 0 Å². The lowest BCUT2D eigenvalue weighted by molar-refractivity contribution is -0.154. The molecule has 0 aliphatic heterocycles. The molecule has 1 aliphatic rings. The van der Waals surface area contributed by atoms with E-state index >= 15 is 0 Å². The fourth-order valence-electron chi connectivity index (χ4n) is 4.62. The molecule has 0 amide bonds. The highest BCUT2D eigenvalue weighted by molar-refractivity contribution is 5.88. The number of carbonyl (C=O) groups is 3. The van der Waals surface area contributed by atoms with E-state index in [-0.39, 0.29) is 29.3 Å². The third-order valence-electron chi connectivity index (χ3n) is 6.29. The molecule has 3 atom stereocenters. The molecule has 1 aromatic heterocycles. The lowest BCUT2D eigenvalue weighted by Crippen LogP contribution is -2.48. The SMILES string of the molecule is CC(=O)OC(C)C(=O)C[C@H]1C(C)(C)CCC[C@]1(C)C(=O)CCc1ccoc1. The Bertz CT molecular complexity index is 673. The van der Waals surface area contributed by atoms with Gasteiger partial charge >= 0.3 is 5.97 Å². The van der Waals surface area contributed by atoms with Crippen LogP contribution in [0.3, 0.4) is 0 Å². The molecule has 1 saturated carbocycles. The second kappa shape index (κ2) is 8.41. The number of rotatable bonds is 8. The summed E-state index contributed by atoms with van der Waals surface area (Å²) in [5, 5.41) is 0. The van der Waals surface area contributed by atoms with Gasteiger partial charge in [0.1, 0.15) is 5.78 Å². The number of carbonyl (C=O) groups excluding carboxylic acids is 3. The third kappa shape index (κ3) is 5.08. The summed E-state index contributed by atoms with van der Waals surface area (Å²) in [6, 6.07) is 1.88. The highest BCUT2D eigenvalue weighted by Crippen LogP contribution is 2.53. The second-order valence-electron chi connectivity index (χ2n) is 8.79. The standard InChI is InChI=1S/C22H32O5/c1-15(27-16(2)23)18(24)13-19-21(3,4)10-6-11-22(19,5)20(25)8-7-17-9-12-26-14-17/h9,12,14-15,19H,6-8,10-11,13H2,1-5H3/t15?,19-,22-/m0/s1. The number of hydrogen-bond acceptors (Lipinski definition) is 5. The van der Waals surface area contributed by atoms with Crippen LogP contribution in [0.15, 0.2) is 23.0 Å². The molecule has 0 aromatic carbocycles. The number of Topliss-reactive ketones (excluding diaryl/α,β-unsaturated/α-hetero) is 2. The first-order valence-electron chi connectivity index (χ1n) is 9.80. The first kappa shape index (κ1) is 21.4. The Morgan fingerprint density at radius 2 is 1.96 bits per heavy atom. The maximum atomic E-state index is 13.2. The second-order valence-corrected chi connectivity index (χ2v) is 8.79. The van der Waals surface area contributed by atoms with Gasteiger partial charge in [0.05, 0.1) is 12.5 Å². The Labute approximate surface area is 161 Å². The minimum Gasteiger partial charge on any atom is -0.472 e. The van der Waals surface area contributed by atoms with Gasteiger partial charge in [-0.05, 0) is 49.1 Å². The predicted octanol–water partition coefficient (Wildman–Crippen LogP) is 4.52. The van der Waals surface area contributed by atoms with E-state index in [0.29, 0.717) is 12.8 Å². The zero-order chi connectivity index (χ0) is 20.2. The van der Waals surface area contributed by atoms with Gasteiger partial charge in [-0.25, -0.2) is 0 Å². The molecular formula is C22H32O5. The van der Waals surface area contributed by atoms with Gasteiger partial charge in [0.2, 0.25) is 0 Å². The van der Waals surface area contributed by atoms with Crippen LogP contribution in [0.2, 0.25) is 0 Å². The Morgan fingerprint density at radius 1 is 1.26 bits per heavy atom. The van der Waals surface area contributed by atoms with Gasteiger partial charge in [0.15, 0.2) is 11.9 Å². The van der Waals surface area contributed by atoms with Gasteiger partial charge in [0.25, 0.3) is 0 Å². The van der Waals surface area contributed by atoms with Crippen LogP contribution in [0.25, 0.3) is 0 Å². The molecule has 27 heavy (non-hydrogen) atoms. The lowest BCUT2D eigenvalue weighted by Gasteiger charge is -2.50. The fourth-order valence-corrected chi connectivity index (χ4v) is 4.62. The van der Waals surface area contributed by atoms with Gasteiger partial charge in [0, 0.05) is 25.2 Å². The molecule has 0 saturated heterocycles. The minimum absolute atomic E-state index is 0.0684. The molecule has 1 heterocycles. The number of esters is 1. The molecule has 2 rings (SSSR count). The van der Waals surface area contributed by atoms with E-state index in [9.17, 15) is 14.4 Å². The quantitative estimate of drug-likeness (QED) is 0.624. The van der Waals surface area contributed by atoms with Crippen LogP contribution in [0, 0.1) is 16.7 Å². The van der Waals surface area contributed by atoms with Crippen LogP contribution in [0.1, 0.15) is 72.3 Å². The van der Waals surface area contributed by atoms with E-state index < -0.39 is 17.5 Å². The first-order chi connectivity index (χ1) is 12.6. The van der Waals surface area contributed by atoms with Gasteiger partial charge in [-0.1, -0.05) is 27.2 Å². The summed E-state index contributed by atoms with van der Waals surface area (Å²) in [5.74, 6) is -0.438. The van der Waals surface area contributed by atoms with E-state index in [2.05, 4.69) is 13.8 Å². The highest BCUT2D eigenvalue weighted by Gasteiger charge is 2.51. The van der Waals surface area contributed by atoms with Crippen molar-refractivity contribution in [2.75, 3.05) is 0 Å². The van der Waals surface area contributed by atoms with Crippen LogP contribution in [-0.4, -0.2) is 23.6 Å². The topological polar surface area (TPSA) is 73.6 Å². The van der Waals surface area contributed by atoms with E-state index in [1.807, 2.05) is 13.0 Å². The number of hydrogen-bond donors (Lipinski definition) is 0. The number of ketones is 2. The molecule has 5 heteroatoms. The average molecular weight is 376 g/mol. The Hall–Kier alpha value is -1.91. The van der Waals surface area contributed by atoms with Crippen LogP contribution in [0.5, 0.6) is 0 Å². The van der Waals surface area contributed by atoms with E-state index in [1.54, 1.807) is 19.5 Å². The first-order valence-corrected chi connectivity index (χ1v) is 9.80. The molecule has 0 spiro atoms. The summed E-state index contributed by atoms with van der Waals surface area (Å²) in [4.78, 5) is 37.1. The van der Waals surface area contributed by atoms with E-state index in [4.69, 9.17) is 9.15 Å². The summed E-state index contributed by atoms with van der Waals surface area (Å²) in [6.45, 7) is 9.21. The molecule has 1 fully saturated rings. The summed E-state index contributed by atoms with van der Waals surface area (Å²) in [6.07, 6.45) is 6.61. The summed E-state index contributed by atoms with van der Waals surface area (Å²) < 4.78 is 10.1. The largest absolute Gasteiger partial charge is 0.472 e. The summed E-state index contributed by atoms with van der Waals surface area (Å²) in [5.41, 5.74) is 0.346. The van der Waals surface area contributed by atoms with E-state index in [1.165, 1.54) is 6.92 Å². The molecule has 5 nitrogen and oxygen atoms in total. The van der Waals surface area contributed by atoms with Gasteiger partial charge in [-0.3, -0.25) is 14.4 Å². The number of ether oxygens (including phenoxy) is 1. The molecule has 1 aliphatic carbocycles. The van der Waals surface area contributed by atoms with Crippen molar-refractivity contribution in [1.29, 1.82) is 0 Å². The average Bonchev–Trinajstić information content (AvgIpc) is 3.08. The fraction of sp³-hybridized carbons (Fsp3) is 0.682. The van der Waals surface area contributed by atoms with Crippen LogP contribution >= 0.6 is 0 Å². The minimum atomic E-state index is -0.773. The van der Waals surface area contributed by atoms with Crippen molar-refractivity contribution < 1.29 is 23.5 Å². The van der Waals surface area contributed by atoms with Gasteiger partial charge < -0.3 is 9.15 Å². The van der Waals surface area contributed by atoms with Crippen molar-refractivity contribution in [2.24, 2.45) is 16.7 Å². The maximum absolute atomic E-state index is 13.2. The molecule has 0 radical (unpaired) electrons. The highest BCUT2D eigenvalue weighted by atomic mass is 16.5. The van der Waals surface area contributed by atoms with Crippen LogP contribution in [0.4, 0.5) is 0 Å². The third-order valence-corrected chi connectivity index (χ3v) is 6.29. The van der Waals surface area contributed by atoms with Crippen molar-refractivity contribution in [3.63, 3.8) is 0 Å². The monoisotopic (exact) mass is 376 g/mol. The van der Waals surface area contributed by atoms with Crippen molar-refractivity contribution in [2.45, 2.75) is 79.2 Å². The molecule has 1 aromatic rings. The van der Waals surface area contributed by atoms with Crippen molar-refractivity contribution in [1.82, 2.24) is 0 Å². The molecule has 1 unspecified atom stereocenters. The van der Waals surface area contributed by atoms with Crippen molar-refractivity contribution in [3.8, 4) is 0 Å². The van der Waals surface area contributed by atoms with Gasteiger partial charge in [-0.15, -0.1) is 0 Å². The maximum Gasteiger partial charge on any atom is 0.303 e. The smallest absolute Gasteiger partial charge is 0.303 e. The number of aryl methyl sites for hydroxylation is 1. The molecule has 150 valence electrons. The van der Waals surface area contributed by atoms with Crippen molar-refractivity contribution >= 4 is 17.5 Å². The summed E-state index contributed by atoms with van der Waals surface area (Å²) in [7, 11) is 0. The predicted molar refractivity (Wildman–Crippen MR) is 102 cm³/mol. The Kier molecular flexibility index (Phi) is 6.66. The zero-order valence-electron chi connectivity index (χ0n) is 17.2. The lowest BCUT2D eigenvalue weighted by atomic mass is 9.53. The summed E-state index contributed by atoms with van der Waals surface area (Å²) >= 11 is 0. The van der Waals surface area contributed by atoms with Crippen molar-refractivity contribution in [3.05, 3.63) is 24.2 Å². The van der Waals surface area contributed by atoms with E-state index in [0.717, 1.165) is 24.8 Å². The Morgan fingerprint density at radius 3 is 2.56 bits per heavy atom. The molecule has 0 bridgehead atoms. The van der Waals surface area contributed by atoms with Gasteiger partial charge in [-0.2, -0.15) is 0 Å². The van der Waals surface area contributed by atoms with Crippen LogP contribution in [-0.2, 0) is 25.5 Å².